The Morgan fingerprint density at radius 3 is 2.52 bits per heavy atom. The maximum Gasteiger partial charge on any atom is 0.416 e. The number of aliphatic hydroxyl groups excluding tert-OH is 1. The quantitative estimate of drug-likeness (QED) is 0.486. The van der Waals surface area contributed by atoms with Crippen LogP contribution in [0.2, 0.25) is 0 Å². The molecule has 0 aliphatic carbocycles. The van der Waals surface area contributed by atoms with Gasteiger partial charge in [-0.2, -0.15) is 13.2 Å². The van der Waals surface area contributed by atoms with Gasteiger partial charge in [0.2, 0.25) is 0 Å². The Labute approximate surface area is 180 Å². The van der Waals surface area contributed by atoms with Crippen LogP contribution in [0.15, 0.2) is 29.8 Å². The molecule has 1 heterocycles. The molecular formula is C23H29F3O5. The summed E-state index contributed by atoms with van der Waals surface area (Å²) < 4.78 is 50.1. The number of carbonyl (C=O) groups excluding carboxylic acids is 2. The summed E-state index contributed by atoms with van der Waals surface area (Å²) in [6.45, 7) is 7.15. The number of halogens is 3. The lowest BCUT2D eigenvalue weighted by Gasteiger charge is -2.25. The summed E-state index contributed by atoms with van der Waals surface area (Å²) in [6.07, 6.45) is -2.65. The van der Waals surface area contributed by atoms with Gasteiger partial charge in [0, 0.05) is 18.4 Å². The minimum atomic E-state index is -4.58. The van der Waals surface area contributed by atoms with Gasteiger partial charge in [-0.05, 0) is 35.5 Å². The summed E-state index contributed by atoms with van der Waals surface area (Å²) in [5, 5.41) is 9.77. The fourth-order valence-corrected chi connectivity index (χ4v) is 3.78. The molecule has 8 heteroatoms. The lowest BCUT2D eigenvalue weighted by Crippen LogP contribution is -2.39. The zero-order valence-electron chi connectivity index (χ0n) is 18.2. The molecule has 0 amide bonds. The second-order valence-electron chi connectivity index (χ2n) is 9.40. The molecule has 1 aromatic carbocycles. The summed E-state index contributed by atoms with van der Waals surface area (Å²) in [5.74, 6) is -1.25. The first-order valence-corrected chi connectivity index (χ1v) is 10.1. The number of cyclic esters (lactones) is 1. The second-order valence-corrected chi connectivity index (χ2v) is 9.40. The van der Waals surface area contributed by atoms with Crippen LogP contribution in [-0.4, -0.2) is 35.9 Å². The van der Waals surface area contributed by atoms with Crippen LogP contribution < -0.4 is 0 Å². The molecule has 0 bridgehead atoms. The van der Waals surface area contributed by atoms with Gasteiger partial charge in [-0.15, -0.1) is 0 Å². The van der Waals surface area contributed by atoms with Crippen molar-refractivity contribution in [1.29, 1.82) is 0 Å². The molecule has 172 valence electrons. The molecule has 1 aliphatic rings. The summed E-state index contributed by atoms with van der Waals surface area (Å²) in [4.78, 5) is 24.4. The second kappa shape index (κ2) is 9.42. The zero-order valence-corrected chi connectivity index (χ0v) is 18.2. The number of aliphatic hydroxyl groups is 1. The van der Waals surface area contributed by atoms with Crippen molar-refractivity contribution >= 4 is 18.0 Å². The van der Waals surface area contributed by atoms with Crippen molar-refractivity contribution in [1.82, 2.24) is 0 Å². The minimum absolute atomic E-state index is 0.0251. The highest BCUT2D eigenvalue weighted by Crippen LogP contribution is 2.36. The molecule has 31 heavy (non-hydrogen) atoms. The van der Waals surface area contributed by atoms with Crippen LogP contribution in [0.1, 0.15) is 58.1 Å². The number of hydrogen-bond acceptors (Lipinski definition) is 5. The van der Waals surface area contributed by atoms with E-state index in [4.69, 9.17) is 9.47 Å². The van der Waals surface area contributed by atoms with E-state index >= 15 is 0 Å². The smallest absolute Gasteiger partial charge is 0.416 e. The maximum absolute atomic E-state index is 13.2. The highest BCUT2D eigenvalue weighted by Gasteiger charge is 2.45. The Bertz CT molecular complexity index is 838. The minimum Gasteiger partial charge on any atom is -0.461 e. The fraction of sp³-hybridized carbons (Fsp3) is 0.565. The molecule has 0 spiro atoms. The summed E-state index contributed by atoms with van der Waals surface area (Å²) >= 11 is 0. The largest absolute Gasteiger partial charge is 0.461 e. The Morgan fingerprint density at radius 1 is 1.29 bits per heavy atom. The van der Waals surface area contributed by atoms with Crippen molar-refractivity contribution < 1.29 is 37.3 Å². The average molecular weight is 442 g/mol. The van der Waals surface area contributed by atoms with Crippen LogP contribution in [0.4, 0.5) is 13.2 Å². The molecule has 5 nitrogen and oxygen atoms in total. The van der Waals surface area contributed by atoms with Gasteiger partial charge < -0.3 is 14.6 Å². The third-order valence-corrected chi connectivity index (χ3v) is 4.94. The third-order valence-electron chi connectivity index (χ3n) is 4.94. The topological polar surface area (TPSA) is 72.8 Å². The number of esters is 2. The van der Waals surface area contributed by atoms with Gasteiger partial charge in [0.25, 0.3) is 0 Å². The molecule has 1 saturated heterocycles. The highest BCUT2D eigenvalue weighted by atomic mass is 19.4. The predicted octanol–water partition coefficient (Wildman–Crippen LogP) is 4.77. The van der Waals surface area contributed by atoms with Crippen LogP contribution in [0.5, 0.6) is 0 Å². The molecule has 1 aromatic rings. The normalized spacial score (nSPS) is 21.8. The van der Waals surface area contributed by atoms with Crippen LogP contribution in [0, 0.1) is 11.3 Å². The average Bonchev–Trinajstić information content (AvgIpc) is 2.94. The number of hydrogen-bond donors (Lipinski definition) is 1. The van der Waals surface area contributed by atoms with E-state index in [1.54, 1.807) is 0 Å². The molecule has 2 rings (SSSR count). The van der Waals surface area contributed by atoms with Crippen LogP contribution >= 0.6 is 0 Å². The van der Waals surface area contributed by atoms with Crippen LogP contribution in [0.25, 0.3) is 6.08 Å². The van der Waals surface area contributed by atoms with Gasteiger partial charge in [0.15, 0.2) is 5.60 Å². The molecule has 0 radical (unpaired) electrons. The van der Waals surface area contributed by atoms with E-state index in [9.17, 15) is 27.9 Å². The Morgan fingerprint density at radius 2 is 1.94 bits per heavy atom. The number of alkyl halides is 3. The number of ether oxygens (including phenoxy) is 2. The van der Waals surface area contributed by atoms with Gasteiger partial charge in [0.1, 0.15) is 6.61 Å². The molecule has 0 saturated carbocycles. The van der Waals surface area contributed by atoms with Crippen molar-refractivity contribution in [2.24, 2.45) is 11.3 Å². The first-order chi connectivity index (χ1) is 14.2. The third kappa shape index (κ3) is 7.09. The van der Waals surface area contributed by atoms with E-state index in [1.165, 1.54) is 18.2 Å². The highest BCUT2D eigenvalue weighted by molar-refractivity contribution is 5.96. The number of rotatable bonds is 7. The van der Waals surface area contributed by atoms with E-state index in [2.05, 4.69) is 20.8 Å². The van der Waals surface area contributed by atoms with Crippen molar-refractivity contribution in [2.75, 3.05) is 13.2 Å². The first kappa shape index (κ1) is 24.9. The molecule has 1 N–H and O–H groups in total. The van der Waals surface area contributed by atoms with Crippen molar-refractivity contribution in [2.45, 2.75) is 58.7 Å². The van der Waals surface area contributed by atoms with Crippen molar-refractivity contribution in [3.63, 3.8) is 0 Å². The predicted molar refractivity (Wildman–Crippen MR) is 109 cm³/mol. The van der Waals surface area contributed by atoms with Crippen LogP contribution in [-0.2, 0) is 25.2 Å². The first-order valence-electron chi connectivity index (χ1n) is 10.1. The summed E-state index contributed by atoms with van der Waals surface area (Å²) in [7, 11) is 0. The molecule has 0 aromatic heterocycles. The fourth-order valence-electron chi connectivity index (χ4n) is 3.78. The molecule has 1 aliphatic heterocycles. The lowest BCUT2D eigenvalue weighted by atomic mass is 9.84. The van der Waals surface area contributed by atoms with Gasteiger partial charge in [-0.3, -0.25) is 4.79 Å². The Kier molecular flexibility index (Phi) is 7.57. The molecule has 1 fully saturated rings. The van der Waals surface area contributed by atoms with Gasteiger partial charge in [-0.1, -0.05) is 45.9 Å². The Balaban J connectivity index is 2.09. The maximum atomic E-state index is 13.2. The van der Waals surface area contributed by atoms with Crippen molar-refractivity contribution in [3.8, 4) is 0 Å². The van der Waals surface area contributed by atoms with Crippen molar-refractivity contribution in [3.05, 3.63) is 41.0 Å². The lowest BCUT2D eigenvalue weighted by molar-refractivity contribution is -0.166. The Hall–Kier alpha value is -2.35. The van der Waals surface area contributed by atoms with E-state index in [-0.39, 0.29) is 41.9 Å². The van der Waals surface area contributed by atoms with Gasteiger partial charge >= 0.3 is 18.1 Å². The van der Waals surface area contributed by atoms with Gasteiger partial charge in [0.05, 0.1) is 12.2 Å². The summed E-state index contributed by atoms with van der Waals surface area (Å²) in [5.41, 5.74) is -2.53. The number of carbonyl (C=O) groups is 2. The molecule has 2 atom stereocenters. The summed E-state index contributed by atoms with van der Waals surface area (Å²) in [6, 6.07) is 4.86. The molecule has 2 unspecified atom stereocenters. The zero-order chi connectivity index (χ0) is 23.4. The molecular weight excluding hydrogens is 413 g/mol. The van der Waals surface area contributed by atoms with Gasteiger partial charge in [-0.25, -0.2) is 4.79 Å². The van der Waals surface area contributed by atoms with E-state index in [0.29, 0.717) is 0 Å². The van der Waals surface area contributed by atoms with E-state index in [0.717, 1.165) is 18.6 Å². The SMILES string of the molecule is CC(CC(=O)OCC1(CO)C/C(=C/c2ccccc2C(F)(F)F)C(=O)O1)CC(C)(C)C. The number of benzene rings is 1. The van der Waals surface area contributed by atoms with Crippen LogP contribution in [0.3, 0.4) is 0 Å². The standard InChI is InChI=1S/C23H29F3O5/c1-15(11-21(2,3)4)9-19(28)30-14-22(13-27)12-17(20(29)31-22)10-16-7-5-6-8-18(16)23(24,25)26/h5-8,10,15,27H,9,11-14H2,1-4H3/b17-10-. The van der Waals surface area contributed by atoms with E-state index < -0.39 is 35.9 Å². The van der Waals surface area contributed by atoms with E-state index in [1.807, 2.05) is 6.92 Å². The monoisotopic (exact) mass is 442 g/mol.